The molecule has 0 aromatic rings. The fourth-order valence-electron chi connectivity index (χ4n) is 4.71. The van der Waals surface area contributed by atoms with Gasteiger partial charge < -0.3 is 45.4 Å². The number of nitrogens with two attached hydrogens (primary N) is 1. The van der Waals surface area contributed by atoms with Crippen molar-refractivity contribution in [3.63, 3.8) is 0 Å². The summed E-state index contributed by atoms with van der Waals surface area (Å²) in [7, 11) is 0. The first kappa shape index (κ1) is 53.7. The van der Waals surface area contributed by atoms with Gasteiger partial charge in [0, 0.05) is 31.7 Å². The van der Waals surface area contributed by atoms with E-state index in [9.17, 15) is 38.4 Å². The predicted octanol–water partition coefficient (Wildman–Crippen LogP) is 3.28. The maximum Gasteiger partial charge on any atom is 0.328 e. The van der Waals surface area contributed by atoms with Gasteiger partial charge in [-0.15, -0.1) is 0 Å². The summed E-state index contributed by atoms with van der Waals surface area (Å²) in [5, 5.41) is 7.88. The molecule has 0 aromatic heterocycles. The van der Waals surface area contributed by atoms with Gasteiger partial charge in [0.25, 0.3) is 0 Å². The van der Waals surface area contributed by atoms with Crippen LogP contribution in [-0.2, 0) is 62.0 Å². The third kappa shape index (κ3) is 28.2. The average Bonchev–Trinajstić information content (AvgIpc) is 3.14. The number of hydrogen-bond donors (Lipinski definition) is 4. The van der Waals surface area contributed by atoms with Gasteiger partial charge in [-0.25, -0.2) is 9.59 Å². The number of rotatable bonds is 30. The van der Waals surface area contributed by atoms with E-state index >= 15 is 0 Å². The van der Waals surface area contributed by atoms with Crippen molar-refractivity contribution < 1.29 is 62.0 Å². The van der Waals surface area contributed by atoms with Crippen LogP contribution in [0.1, 0.15) is 127 Å². The van der Waals surface area contributed by atoms with Crippen molar-refractivity contribution in [1.29, 1.82) is 0 Å². The molecule has 58 heavy (non-hydrogen) atoms. The van der Waals surface area contributed by atoms with Crippen LogP contribution in [-0.4, -0.2) is 105 Å². The minimum atomic E-state index is -1.25. The summed E-state index contributed by atoms with van der Waals surface area (Å²) in [5.41, 5.74) is 5.88. The Morgan fingerprint density at radius 3 is 1.17 bits per heavy atom. The molecule has 0 saturated carbocycles. The molecule has 4 atom stereocenters. The highest BCUT2D eigenvalue weighted by Crippen LogP contribution is 2.11. The number of nitrogens with one attached hydrogen (secondary N) is 3. The highest BCUT2D eigenvalue weighted by molar-refractivity contribution is 5.88. The molecule has 0 radical (unpaired) electrons. The lowest BCUT2D eigenvalue weighted by molar-refractivity contribution is -0.150. The quantitative estimate of drug-likeness (QED) is 0.0600. The Bertz CT molecular complexity index is 1300. The topological polar surface area (TPSA) is 245 Å². The van der Waals surface area contributed by atoms with Crippen LogP contribution in [0.5, 0.6) is 0 Å². The van der Waals surface area contributed by atoms with Crippen LogP contribution >= 0.6 is 0 Å². The lowest BCUT2D eigenvalue weighted by atomic mass is 10.1. The third-order valence-corrected chi connectivity index (χ3v) is 7.85. The smallest absolute Gasteiger partial charge is 0.328 e. The van der Waals surface area contributed by atoms with E-state index in [-0.39, 0.29) is 120 Å². The second-order valence-electron chi connectivity index (χ2n) is 16.7. The lowest BCUT2D eigenvalue weighted by Crippen LogP contribution is -2.46. The van der Waals surface area contributed by atoms with Crippen molar-refractivity contribution in [1.82, 2.24) is 16.0 Å². The maximum absolute atomic E-state index is 13.2. The molecule has 0 aromatic carbocycles. The zero-order valence-corrected chi connectivity index (χ0v) is 36.5. The predicted molar refractivity (Wildman–Crippen MR) is 214 cm³/mol. The molecule has 0 bridgehead atoms. The second kappa shape index (κ2) is 29.9. The Morgan fingerprint density at radius 1 is 0.414 bits per heavy atom. The minimum absolute atomic E-state index is 0.00606. The molecule has 3 amide bonds. The number of carbonyl (C=O) groups excluding carboxylic acids is 8. The first-order valence-corrected chi connectivity index (χ1v) is 20.5. The molecule has 17 heteroatoms. The van der Waals surface area contributed by atoms with Crippen LogP contribution in [0.15, 0.2) is 0 Å². The zero-order chi connectivity index (χ0) is 44.4. The van der Waals surface area contributed by atoms with Crippen molar-refractivity contribution in [2.24, 2.45) is 35.3 Å². The van der Waals surface area contributed by atoms with E-state index in [1.807, 2.05) is 69.2 Å². The van der Waals surface area contributed by atoms with E-state index < -0.39 is 71.7 Å². The highest BCUT2D eigenvalue weighted by atomic mass is 16.5. The normalized spacial score (nSPS) is 13.4. The van der Waals surface area contributed by atoms with Crippen LogP contribution in [0.4, 0.5) is 0 Å². The van der Waals surface area contributed by atoms with E-state index in [2.05, 4.69) is 16.0 Å². The van der Waals surface area contributed by atoms with E-state index in [1.165, 1.54) is 0 Å². The Morgan fingerprint density at radius 2 is 0.759 bits per heavy atom. The molecule has 17 nitrogen and oxygen atoms in total. The summed E-state index contributed by atoms with van der Waals surface area (Å²) in [6, 6.07) is -4.30. The van der Waals surface area contributed by atoms with Gasteiger partial charge in [0.1, 0.15) is 18.1 Å². The Balaban J connectivity index is 5.72. The van der Waals surface area contributed by atoms with E-state index in [4.69, 9.17) is 29.4 Å². The molecule has 0 aliphatic carbocycles. The van der Waals surface area contributed by atoms with Crippen LogP contribution in [0, 0.1) is 29.6 Å². The molecule has 0 spiro atoms. The summed E-state index contributed by atoms with van der Waals surface area (Å²) in [6.07, 6.45) is -1.34. The van der Waals surface area contributed by atoms with Crippen molar-refractivity contribution in [2.75, 3.05) is 33.0 Å². The highest BCUT2D eigenvalue weighted by Gasteiger charge is 2.28. The van der Waals surface area contributed by atoms with Crippen LogP contribution in [0.3, 0.4) is 0 Å². The Kier molecular flexibility index (Phi) is 27.7. The van der Waals surface area contributed by atoms with Crippen molar-refractivity contribution in [3.05, 3.63) is 0 Å². The molecule has 5 N–H and O–H groups in total. The summed E-state index contributed by atoms with van der Waals surface area (Å²) < 4.78 is 26.3. The number of esters is 5. The standard InChI is InChI=1S/C41H72N4O13/c1-25(2)20-54-37(49)18-11-30(19-38(50)55-21-26(3)4)43-34(46)16-13-32(40(52)57-23-28(7)8)45-36(48)17-14-33(41(53)58-24-29(9)10)44-35(47)15-12-31(42)39(51)56-22-27(5)6/h25-33H,11-24,42H2,1-10H3,(H,43,46)(H,44,47)(H,45,48)/t30-,31-,32-,33-/m0/s1. The Labute approximate surface area is 344 Å². The van der Waals surface area contributed by atoms with Gasteiger partial charge in [0.05, 0.1) is 39.5 Å². The lowest BCUT2D eigenvalue weighted by Gasteiger charge is -2.22. The molecule has 0 saturated heterocycles. The molecule has 0 aliphatic heterocycles. The number of ether oxygens (including phenoxy) is 5. The van der Waals surface area contributed by atoms with Gasteiger partial charge in [-0.05, 0) is 55.3 Å². The van der Waals surface area contributed by atoms with Gasteiger partial charge in [0.15, 0.2) is 0 Å². The molecule has 0 fully saturated rings. The van der Waals surface area contributed by atoms with Gasteiger partial charge >= 0.3 is 29.8 Å². The van der Waals surface area contributed by atoms with E-state index in [1.54, 1.807) is 0 Å². The van der Waals surface area contributed by atoms with Crippen LogP contribution < -0.4 is 21.7 Å². The fraction of sp³-hybridized carbons (Fsp3) is 0.805. The molecule has 0 unspecified atom stereocenters. The first-order chi connectivity index (χ1) is 27.1. The van der Waals surface area contributed by atoms with Gasteiger partial charge in [0.2, 0.25) is 17.7 Å². The average molecular weight is 829 g/mol. The van der Waals surface area contributed by atoms with Gasteiger partial charge in [-0.3, -0.25) is 28.8 Å². The van der Waals surface area contributed by atoms with Gasteiger partial charge in [-0.2, -0.15) is 0 Å². The maximum atomic E-state index is 13.2. The minimum Gasteiger partial charge on any atom is -0.465 e. The van der Waals surface area contributed by atoms with Crippen molar-refractivity contribution in [3.8, 4) is 0 Å². The SMILES string of the molecule is CC(C)COC(=O)CC[C@@H](CC(=O)OCC(C)C)NC(=O)CC[C@H](NC(=O)CC[C@H](NC(=O)CC[C@H](N)C(=O)OCC(C)C)C(=O)OCC(C)C)C(=O)OCC(C)C. The molecule has 0 rings (SSSR count). The summed E-state index contributed by atoms with van der Waals surface area (Å²) >= 11 is 0. The molecular formula is C41H72N4O13. The zero-order valence-electron chi connectivity index (χ0n) is 36.5. The molecule has 334 valence electrons. The second-order valence-corrected chi connectivity index (χ2v) is 16.7. The monoisotopic (exact) mass is 829 g/mol. The first-order valence-electron chi connectivity index (χ1n) is 20.5. The third-order valence-electron chi connectivity index (χ3n) is 7.85. The summed E-state index contributed by atoms with van der Waals surface area (Å²) in [6.45, 7) is 19.4. The summed E-state index contributed by atoms with van der Waals surface area (Å²) in [4.78, 5) is 102. The van der Waals surface area contributed by atoms with E-state index in [0.29, 0.717) is 0 Å². The van der Waals surface area contributed by atoms with E-state index in [0.717, 1.165) is 0 Å². The number of carbonyl (C=O) groups is 8. The number of amides is 3. The Hall–Kier alpha value is -4.28. The summed E-state index contributed by atoms with van der Waals surface area (Å²) in [5.74, 6) is -4.72. The fourth-order valence-corrected chi connectivity index (χ4v) is 4.71. The van der Waals surface area contributed by atoms with Gasteiger partial charge in [-0.1, -0.05) is 69.2 Å². The largest absolute Gasteiger partial charge is 0.465 e. The molecule has 0 heterocycles. The van der Waals surface area contributed by atoms with Crippen molar-refractivity contribution in [2.45, 2.75) is 151 Å². The van der Waals surface area contributed by atoms with Crippen molar-refractivity contribution >= 4 is 47.6 Å². The molecule has 0 aliphatic rings. The molecular weight excluding hydrogens is 756 g/mol. The number of hydrogen-bond acceptors (Lipinski definition) is 14. The van der Waals surface area contributed by atoms with Crippen LogP contribution in [0.2, 0.25) is 0 Å². The van der Waals surface area contributed by atoms with Crippen LogP contribution in [0.25, 0.3) is 0 Å².